The summed E-state index contributed by atoms with van der Waals surface area (Å²) < 4.78 is 5.84. The smallest absolute Gasteiger partial charge is 0.0589 e. The minimum absolute atomic E-state index is 0.474. The van der Waals surface area contributed by atoms with Crippen LogP contribution in [0.2, 0.25) is 0 Å². The van der Waals surface area contributed by atoms with Crippen molar-refractivity contribution in [3.05, 3.63) is 22.4 Å². The van der Waals surface area contributed by atoms with Gasteiger partial charge in [-0.2, -0.15) is 0 Å². The van der Waals surface area contributed by atoms with Crippen molar-refractivity contribution in [3.8, 4) is 0 Å². The Morgan fingerprint density at radius 1 is 1.42 bits per heavy atom. The van der Waals surface area contributed by atoms with Crippen LogP contribution in [0.25, 0.3) is 0 Å². The molecule has 3 atom stereocenters. The Hall–Kier alpha value is -0.380. The molecule has 1 aromatic rings. The Kier molecular flexibility index (Phi) is 6.35. The molecule has 19 heavy (non-hydrogen) atoms. The first-order chi connectivity index (χ1) is 9.33. The summed E-state index contributed by atoms with van der Waals surface area (Å²) in [5.74, 6) is 0. The van der Waals surface area contributed by atoms with Gasteiger partial charge in [-0.15, -0.1) is 11.3 Å². The first kappa shape index (κ1) is 15.0. The summed E-state index contributed by atoms with van der Waals surface area (Å²) in [5, 5.41) is 6.06. The van der Waals surface area contributed by atoms with Crippen molar-refractivity contribution in [2.75, 3.05) is 6.61 Å². The van der Waals surface area contributed by atoms with Gasteiger partial charge in [0, 0.05) is 23.6 Å². The van der Waals surface area contributed by atoms with Gasteiger partial charge < -0.3 is 10.1 Å². The lowest BCUT2D eigenvalue weighted by molar-refractivity contribution is -0.00518. The van der Waals surface area contributed by atoms with Crippen molar-refractivity contribution >= 4 is 11.3 Å². The van der Waals surface area contributed by atoms with Crippen LogP contribution >= 0.6 is 11.3 Å². The SMILES string of the molecule is CCCC1CC(NC(CCC)c2cccs2)CCO1. The zero-order valence-corrected chi connectivity index (χ0v) is 13.0. The van der Waals surface area contributed by atoms with Crippen LogP contribution in [0.15, 0.2) is 17.5 Å². The summed E-state index contributed by atoms with van der Waals surface area (Å²) in [6.07, 6.45) is 7.71. The quantitative estimate of drug-likeness (QED) is 0.793. The lowest BCUT2D eigenvalue weighted by Crippen LogP contribution is -2.40. The lowest BCUT2D eigenvalue weighted by Gasteiger charge is -2.33. The van der Waals surface area contributed by atoms with Crippen LogP contribution in [0, 0.1) is 0 Å². The van der Waals surface area contributed by atoms with Gasteiger partial charge >= 0.3 is 0 Å². The number of nitrogens with one attached hydrogen (secondary N) is 1. The Balaban J connectivity index is 1.89. The number of rotatable bonds is 7. The summed E-state index contributed by atoms with van der Waals surface area (Å²) in [5.41, 5.74) is 0. The van der Waals surface area contributed by atoms with E-state index in [2.05, 4.69) is 36.7 Å². The average molecular weight is 281 g/mol. The molecule has 0 saturated carbocycles. The monoisotopic (exact) mass is 281 g/mol. The number of ether oxygens (including phenoxy) is 1. The highest BCUT2D eigenvalue weighted by Gasteiger charge is 2.24. The van der Waals surface area contributed by atoms with Crippen molar-refractivity contribution in [1.82, 2.24) is 5.32 Å². The second-order valence-corrected chi connectivity index (χ2v) is 6.51. The molecule has 2 heterocycles. The molecule has 3 unspecified atom stereocenters. The third-order valence-corrected chi connectivity index (χ3v) is 4.86. The molecular weight excluding hydrogens is 254 g/mol. The molecule has 0 spiro atoms. The zero-order valence-electron chi connectivity index (χ0n) is 12.2. The molecule has 1 aliphatic heterocycles. The predicted octanol–water partition coefficient (Wildman–Crippen LogP) is 4.53. The summed E-state index contributed by atoms with van der Waals surface area (Å²) in [6, 6.07) is 5.59. The van der Waals surface area contributed by atoms with Crippen molar-refractivity contribution in [2.45, 2.75) is 70.6 Å². The van der Waals surface area contributed by atoms with E-state index in [4.69, 9.17) is 4.74 Å². The molecule has 2 rings (SSSR count). The van der Waals surface area contributed by atoms with Gasteiger partial charge in [0.15, 0.2) is 0 Å². The largest absolute Gasteiger partial charge is 0.378 e. The molecule has 3 heteroatoms. The molecule has 0 aliphatic carbocycles. The zero-order chi connectivity index (χ0) is 13.5. The summed E-state index contributed by atoms with van der Waals surface area (Å²) >= 11 is 1.88. The van der Waals surface area contributed by atoms with Crippen LogP contribution in [0.4, 0.5) is 0 Å². The number of thiophene rings is 1. The van der Waals surface area contributed by atoms with Gasteiger partial charge in [-0.05, 0) is 37.1 Å². The first-order valence-electron chi connectivity index (χ1n) is 7.74. The molecule has 0 radical (unpaired) electrons. The molecule has 0 bridgehead atoms. The summed E-state index contributed by atoms with van der Waals surface area (Å²) in [4.78, 5) is 1.49. The second-order valence-electron chi connectivity index (χ2n) is 5.53. The topological polar surface area (TPSA) is 21.3 Å². The Labute approximate surface area is 121 Å². The Morgan fingerprint density at radius 3 is 3.00 bits per heavy atom. The van der Waals surface area contributed by atoms with Crippen molar-refractivity contribution in [1.29, 1.82) is 0 Å². The van der Waals surface area contributed by atoms with Crippen molar-refractivity contribution < 1.29 is 4.74 Å². The summed E-state index contributed by atoms with van der Waals surface area (Å²) in [6.45, 7) is 5.43. The van der Waals surface area contributed by atoms with E-state index in [0.717, 1.165) is 13.0 Å². The van der Waals surface area contributed by atoms with Crippen molar-refractivity contribution in [2.24, 2.45) is 0 Å². The highest BCUT2D eigenvalue weighted by molar-refractivity contribution is 7.10. The maximum atomic E-state index is 5.84. The normalized spacial score (nSPS) is 25.4. The number of hydrogen-bond donors (Lipinski definition) is 1. The highest BCUT2D eigenvalue weighted by Crippen LogP contribution is 2.26. The second kappa shape index (κ2) is 8.03. The molecule has 1 aromatic heterocycles. The van der Waals surface area contributed by atoms with Gasteiger partial charge in [0.2, 0.25) is 0 Å². The van der Waals surface area contributed by atoms with E-state index in [1.807, 2.05) is 11.3 Å². The predicted molar refractivity (Wildman–Crippen MR) is 82.8 cm³/mol. The Bertz CT molecular complexity index is 337. The van der Waals surface area contributed by atoms with E-state index in [-0.39, 0.29) is 0 Å². The molecule has 0 amide bonds. The van der Waals surface area contributed by atoms with Gasteiger partial charge in [-0.25, -0.2) is 0 Å². The third kappa shape index (κ3) is 4.59. The molecule has 1 saturated heterocycles. The Morgan fingerprint density at radius 2 is 2.32 bits per heavy atom. The fourth-order valence-corrected chi connectivity index (χ4v) is 3.75. The van der Waals surface area contributed by atoms with Gasteiger partial charge in [-0.1, -0.05) is 32.8 Å². The minimum atomic E-state index is 0.474. The molecule has 1 N–H and O–H groups in total. The standard InChI is InChI=1S/C16H27NOS/c1-3-6-14-12-13(9-10-18-14)17-15(7-4-2)16-8-5-11-19-16/h5,8,11,13-15,17H,3-4,6-7,9-10,12H2,1-2H3. The van der Waals surface area contributed by atoms with Crippen LogP contribution < -0.4 is 5.32 Å². The van der Waals surface area contributed by atoms with Gasteiger partial charge in [0.1, 0.15) is 0 Å². The minimum Gasteiger partial charge on any atom is -0.378 e. The fraction of sp³-hybridized carbons (Fsp3) is 0.750. The number of hydrogen-bond acceptors (Lipinski definition) is 3. The molecule has 0 aromatic carbocycles. The fourth-order valence-electron chi connectivity index (χ4n) is 2.93. The summed E-state index contributed by atoms with van der Waals surface area (Å²) in [7, 11) is 0. The van der Waals surface area contributed by atoms with E-state index >= 15 is 0 Å². The van der Waals surface area contributed by atoms with E-state index < -0.39 is 0 Å². The molecule has 2 nitrogen and oxygen atoms in total. The maximum Gasteiger partial charge on any atom is 0.0589 e. The maximum absolute atomic E-state index is 5.84. The highest BCUT2D eigenvalue weighted by atomic mass is 32.1. The van der Waals surface area contributed by atoms with Gasteiger partial charge in [-0.3, -0.25) is 0 Å². The molecule has 1 fully saturated rings. The van der Waals surface area contributed by atoms with Crippen LogP contribution in [-0.4, -0.2) is 18.8 Å². The first-order valence-corrected chi connectivity index (χ1v) is 8.62. The van der Waals surface area contributed by atoms with Crippen LogP contribution in [0.1, 0.15) is 63.3 Å². The van der Waals surface area contributed by atoms with Crippen molar-refractivity contribution in [3.63, 3.8) is 0 Å². The average Bonchev–Trinajstić information content (AvgIpc) is 2.93. The van der Waals surface area contributed by atoms with Crippen LogP contribution in [0.5, 0.6) is 0 Å². The van der Waals surface area contributed by atoms with Gasteiger partial charge in [0.05, 0.1) is 6.10 Å². The van der Waals surface area contributed by atoms with E-state index in [9.17, 15) is 0 Å². The van der Waals surface area contributed by atoms with E-state index in [0.29, 0.717) is 18.2 Å². The van der Waals surface area contributed by atoms with E-state index in [1.165, 1.54) is 37.0 Å². The van der Waals surface area contributed by atoms with Crippen LogP contribution in [0.3, 0.4) is 0 Å². The van der Waals surface area contributed by atoms with Crippen LogP contribution in [-0.2, 0) is 4.74 Å². The van der Waals surface area contributed by atoms with E-state index in [1.54, 1.807) is 0 Å². The third-order valence-electron chi connectivity index (χ3n) is 3.88. The van der Waals surface area contributed by atoms with Gasteiger partial charge in [0.25, 0.3) is 0 Å². The molecular formula is C16H27NOS. The lowest BCUT2D eigenvalue weighted by atomic mass is 9.98. The molecule has 1 aliphatic rings. The molecule has 108 valence electrons.